The molecule has 0 saturated carbocycles. The molecule has 1 amide bonds. The Bertz CT molecular complexity index is 384. The van der Waals surface area contributed by atoms with E-state index in [-0.39, 0.29) is 18.4 Å². The second-order valence-electron chi connectivity index (χ2n) is 3.14. The molecule has 6 heteroatoms. The summed E-state index contributed by atoms with van der Waals surface area (Å²) in [4.78, 5) is 15.8. The standard InChI is InChI=1S/C11H14ClNO4/c1-15-9-4-3-8(5-10(9)16-2)7-17-13-11(14)6-12/h3-5H,6-7H2,1-2H3,(H,13,14). The van der Waals surface area contributed by atoms with Crippen LogP contribution in [0.5, 0.6) is 11.5 Å². The molecule has 0 heterocycles. The smallest absolute Gasteiger partial charge is 0.258 e. The number of carbonyl (C=O) groups is 1. The van der Waals surface area contributed by atoms with Crippen LogP contribution in [0.4, 0.5) is 0 Å². The topological polar surface area (TPSA) is 56.8 Å². The fourth-order valence-electron chi connectivity index (χ4n) is 1.20. The van der Waals surface area contributed by atoms with Gasteiger partial charge in [-0.15, -0.1) is 11.6 Å². The molecule has 0 bridgehead atoms. The highest BCUT2D eigenvalue weighted by Gasteiger charge is 2.05. The van der Waals surface area contributed by atoms with E-state index >= 15 is 0 Å². The highest BCUT2D eigenvalue weighted by molar-refractivity contribution is 6.27. The third-order valence-corrected chi connectivity index (χ3v) is 2.24. The molecule has 0 radical (unpaired) electrons. The molecule has 0 aliphatic rings. The normalized spacial score (nSPS) is 9.82. The summed E-state index contributed by atoms with van der Waals surface area (Å²) >= 11 is 5.29. The third kappa shape index (κ3) is 4.13. The second kappa shape index (κ2) is 6.98. The van der Waals surface area contributed by atoms with Crippen molar-refractivity contribution in [1.82, 2.24) is 5.48 Å². The van der Waals surface area contributed by atoms with Crippen LogP contribution in [-0.4, -0.2) is 26.0 Å². The van der Waals surface area contributed by atoms with Crippen molar-refractivity contribution < 1.29 is 19.1 Å². The monoisotopic (exact) mass is 259 g/mol. The molecule has 0 saturated heterocycles. The average Bonchev–Trinajstić information content (AvgIpc) is 2.38. The van der Waals surface area contributed by atoms with Crippen molar-refractivity contribution in [2.45, 2.75) is 6.61 Å². The zero-order valence-electron chi connectivity index (χ0n) is 9.66. The lowest BCUT2D eigenvalue weighted by molar-refractivity contribution is -0.131. The minimum Gasteiger partial charge on any atom is -0.493 e. The molecular formula is C11H14ClNO4. The van der Waals surface area contributed by atoms with Gasteiger partial charge in [0.2, 0.25) is 0 Å². The number of ether oxygens (including phenoxy) is 2. The van der Waals surface area contributed by atoms with Gasteiger partial charge in [-0.1, -0.05) is 6.07 Å². The van der Waals surface area contributed by atoms with Gasteiger partial charge in [0.25, 0.3) is 5.91 Å². The van der Waals surface area contributed by atoms with E-state index in [4.69, 9.17) is 25.9 Å². The van der Waals surface area contributed by atoms with E-state index in [0.717, 1.165) is 5.56 Å². The Balaban J connectivity index is 2.57. The van der Waals surface area contributed by atoms with E-state index in [1.54, 1.807) is 26.4 Å². The van der Waals surface area contributed by atoms with Crippen LogP contribution in [0.2, 0.25) is 0 Å². The summed E-state index contributed by atoms with van der Waals surface area (Å²) in [6.07, 6.45) is 0. The van der Waals surface area contributed by atoms with Crippen molar-refractivity contribution in [3.63, 3.8) is 0 Å². The van der Waals surface area contributed by atoms with Crippen LogP contribution < -0.4 is 15.0 Å². The quantitative estimate of drug-likeness (QED) is 0.621. The fourth-order valence-corrected chi connectivity index (χ4v) is 1.25. The first-order valence-electron chi connectivity index (χ1n) is 4.88. The first-order valence-corrected chi connectivity index (χ1v) is 5.42. The summed E-state index contributed by atoms with van der Waals surface area (Å²) in [7, 11) is 3.12. The van der Waals surface area contributed by atoms with E-state index < -0.39 is 0 Å². The summed E-state index contributed by atoms with van der Waals surface area (Å²) in [5.74, 6) is 0.733. The van der Waals surface area contributed by atoms with Gasteiger partial charge >= 0.3 is 0 Å². The first kappa shape index (κ1) is 13.6. The molecule has 0 aromatic heterocycles. The molecule has 0 unspecified atom stereocenters. The van der Waals surface area contributed by atoms with Crippen LogP contribution in [0.3, 0.4) is 0 Å². The highest BCUT2D eigenvalue weighted by Crippen LogP contribution is 2.27. The molecule has 1 rings (SSSR count). The number of hydrogen-bond acceptors (Lipinski definition) is 4. The summed E-state index contributed by atoms with van der Waals surface area (Å²) in [5, 5.41) is 0. The summed E-state index contributed by atoms with van der Waals surface area (Å²) in [6, 6.07) is 5.35. The molecule has 1 aromatic rings. The molecule has 0 spiro atoms. The molecule has 94 valence electrons. The molecule has 0 atom stereocenters. The molecule has 1 N–H and O–H groups in total. The van der Waals surface area contributed by atoms with Crippen molar-refractivity contribution >= 4 is 17.5 Å². The summed E-state index contributed by atoms with van der Waals surface area (Å²) < 4.78 is 10.2. The van der Waals surface area contributed by atoms with Gasteiger partial charge in [-0.3, -0.25) is 9.63 Å². The van der Waals surface area contributed by atoms with Crippen LogP contribution in [0.1, 0.15) is 5.56 Å². The number of hydroxylamine groups is 1. The third-order valence-electron chi connectivity index (χ3n) is 1.99. The minimum absolute atomic E-state index is 0.133. The number of amides is 1. The lowest BCUT2D eigenvalue weighted by Gasteiger charge is -2.09. The lowest BCUT2D eigenvalue weighted by atomic mass is 10.2. The SMILES string of the molecule is COc1ccc(CONC(=O)CCl)cc1OC. The van der Waals surface area contributed by atoms with Gasteiger partial charge in [0.1, 0.15) is 5.88 Å². The van der Waals surface area contributed by atoms with Crippen molar-refractivity contribution in [3.8, 4) is 11.5 Å². The molecule has 5 nitrogen and oxygen atoms in total. The molecule has 0 aliphatic heterocycles. The van der Waals surface area contributed by atoms with Crippen LogP contribution >= 0.6 is 11.6 Å². The summed E-state index contributed by atoms with van der Waals surface area (Å²) in [6.45, 7) is 0.225. The largest absolute Gasteiger partial charge is 0.493 e. The summed E-state index contributed by atoms with van der Waals surface area (Å²) in [5.41, 5.74) is 3.05. The molecule has 1 aromatic carbocycles. The molecular weight excluding hydrogens is 246 g/mol. The number of benzene rings is 1. The predicted molar refractivity (Wildman–Crippen MR) is 63.2 cm³/mol. The van der Waals surface area contributed by atoms with Gasteiger partial charge in [-0.2, -0.15) is 0 Å². The van der Waals surface area contributed by atoms with Gasteiger partial charge in [0.05, 0.1) is 20.8 Å². The molecule has 17 heavy (non-hydrogen) atoms. The van der Waals surface area contributed by atoms with E-state index in [2.05, 4.69) is 5.48 Å². The van der Waals surface area contributed by atoms with Gasteiger partial charge in [-0.05, 0) is 17.7 Å². The second-order valence-corrected chi connectivity index (χ2v) is 3.40. The van der Waals surface area contributed by atoms with Crippen molar-refractivity contribution in [3.05, 3.63) is 23.8 Å². The van der Waals surface area contributed by atoms with Crippen LogP contribution in [-0.2, 0) is 16.2 Å². The Labute approximate surface area is 105 Å². The highest BCUT2D eigenvalue weighted by atomic mass is 35.5. The van der Waals surface area contributed by atoms with E-state index in [1.807, 2.05) is 6.07 Å². The number of carbonyl (C=O) groups excluding carboxylic acids is 1. The number of methoxy groups -OCH3 is 2. The fraction of sp³-hybridized carbons (Fsp3) is 0.364. The van der Waals surface area contributed by atoms with Crippen LogP contribution in [0.15, 0.2) is 18.2 Å². The Morgan fingerprint density at radius 2 is 2.00 bits per heavy atom. The number of halogens is 1. The van der Waals surface area contributed by atoms with Crippen LogP contribution in [0, 0.1) is 0 Å². The van der Waals surface area contributed by atoms with Crippen molar-refractivity contribution in [2.24, 2.45) is 0 Å². The average molecular weight is 260 g/mol. The Hall–Kier alpha value is -1.46. The van der Waals surface area contributed by atoms with E-state index in [1.165, 1.54) is 0 Å². The number of alkyl halides is 1. The van der Waals surface area contributed by atoms with Gasteiger partial charge in [0, 0.05) is 0 Å². The molecule has 0 aliphatic carbocycles. The Morgan fingerprint density at radius 3 is 2.59 bits per heavy atom. The van der Waals surface area contributed by atoms with E-state index in [0.29, 0.717) is 11.5 Å². The number of nitrogens with one attached hydrogen (secondary N) is 1. The van der Waals surface area contributed by atoms with Gasteiger partial charge in [0.15, 0.2) is 11.5 Å². The predicted octanol–water partition coefficient (Wildman–Crippen LogP) is 1.49. The van der Waals surface area contributed by atoms with Crippen molar-refractivity contribution in [2.75, 3.05) is 20.1 Å². The van der Waals surface area contributed by atoms with Crippen LogP contribution in [0.25, 0.3) is 0 Å². The zero-order chi connectivity index (χ0) is 12.7. The molecule has 0 fully saturated rings. The van der Waals surface area contributed by atoms with Gasteiger partial charge in [-0.25, -0.2) is 5.48 Å². The van der Waals surface area contributed by atoms with Crippen molar-refractivity contribution in [1.29, 1.82) is 0 Å². The Kier molecular flexibility index (Phi) is 5.59. The number of rotatable bonds is 6. The first-order chi connectivity index (χ1) is 8.21. The maximum absolute atomic E-state index is 10.8. The maximum atomic E-state index is 10.8. The zero-order valence-corrected chi connectivity index (χ0v) is 10.4. The van der Waals surface area contributed by atoms with Gasteiger partial charge < -0.3 is 9.47 Å². The van der Waals surface area contributed by atoms with E-state index in [9.17, 15) is 4.79 Å². The number of hydrogen-bond donors (Lipinski definition) is 1. The maximum Gasteiger partial charge on any atom is 0.258 e. The lowest BCUT2D eigenvalue weighted by Crippen LogP contribution is -2.24. The minimum atomic E-state index is -0.382. The Morgan fingerprint density at radius 1 is 1.29 bits per heavy atom.